The number of rotatable bonds is 4. The molecule has 0 radical (unpaired) electrons. The molecule has 3 aromatic carbocycles. The van der Waals surface area contributed by atoms with E-state index in [0.717, 1.165) is 35.6 Å². The van der Waals surface area contributed by atoms with Crippen molar-refractivity contribution < 1.29 is 38.8 Å². The van der Waals surface area contributed by atoms with Crippen molar-refractivity contribution in [1.29, 1.82) is 0 Å². The zero-order valence-electron chi connectivity index (χ0n) is 21.1. The second-order valence-electron chi connectivity index (χ2n) is 9.56. The van der Waals surface area contributed by atoms with Crippen molar-refractivity contribution >= 4 is 36.2 Å². The molecule has 12 heteroatoms. The van der Waals surface area contributed by atoms with Gasteiger partial charge in [-0.2, -0.15) is 0 Å². The number of thioether (sulfide) groups is 1. The fourth-order valence-corrected chi connectivity index (χ4v) is 7.45. The normalized spacial score (nSPS) is 18.5. The molecule has 2 aliphatic rings. The Morgan fingerprint density at radius 2 is 1.27 bits per heavy atom. The molecule has 1 aliphatic heterocycles. The first-order valence-corrected chi connectivity index (χ1v) is 16.0. The van der Waals surface area contributed by atoms with Crippen molar-refractivity contribution in [3.05, 3.63) is 107 Å². The number of hydrogen-bond acceptors (Lipinski definition) is 2. The zero-order valence-corrected chi connectivity index (χ0v) is 23.6. The summed E-state index contributed by atoms with van der Waals surface area (Å²) < 4.78 is 86.4. The van der Waals surface area contributed by atoms with Crippen molar-refractivity contribution in [2.45, 2.75) is 39.9 Å². The average molecular weight is 623 g/mol. The number of carbonyl (C=O) groups excluding carboxylic acids is 1. The SMILES string of the molecule is CC(C)C1C=CC2=C(Cc3cc([S+](c4ccc(F)cc4)c4ccc(F)cc4)ccc3S2)C1=O.F[P-](F)(F)(F)(F)F. The van der Waals surface area contributed by atoms with Crippen LogP contribution in [0.25, 0.3) is 0 Å². The molecule has 40 heavy (non-hydrogen) atoms. The Bertz CT molecular complexity index is 1440. The number of Topliss-reactive ketones (excluding diaryl/α,β-unsaturated/α-hetero) is 1. The van der Waals surface area contributed by atoms with Gasteiger partial charge in [0.25, 0.3) is 0 Å². The summed E-state index contributed by atoms with van der Waals surface area (Å²) in [7, 11) is -11.2. The van der Waals surface area contributed by atoms with E-state index in [4.69, 9.17) is 0 Å². The fraction of sp³-hybridized carbons (Fsp3) is 0.179. The summed E-state index contributed by atoms with van der Waals surface area (Å²) in [5, 5.41) is 0. The quantitative estimate of drug-likeness (QED) is 0.164. The third-order valence-electron chi connectivity index (χ3n) is 6.02. The Morgan fingerprint density at radius 1 is 0.800 bits per heavy atom. The number of hydrogen-bond donors (Lipinski definition) is 0. The van der Waals surface area contributed by atoms with Gasteiger partial charge in [-0.15, -0.1) is 0 Å². The van der Waals surface area contributed by atoms with Gasteiger partial charge in [-0.05, 0) is 78.2 Å². The maximum atomic E-state index is 13.6. The van der Waals surface area contributed by atoms with Crippen LogP contribution in [0.1, 0.15) is 19.4 Å². The van der Waals surface area contributed by atoms with Gasteiger partial charge in [0.1, 0.15) is 11.6 Å². The minimum absolute atomic E-state index is 0.0675. The molecule has 0 bridgehead atoms. The van der Waals surface area contributed by atoms with E-state index < -0.39 is 18.7 Å². The Kier molecular flexibility index (Phi) is 7.84. The topological polar surface area (TPSA) is 17.1 Å². The van der Waals surface area contributed by atoms with Crippen LogP contribution in [0.2, 0.25) is 0 Å². The van der Waals surface area contributed by atoms with Gasteiger partial charge in [-0.1, -0.05) is 37.8 Å². The van der Waals surface area contributed by atoms with Gasteiger partial charge in [-0.25, -0.2) is 8.78 Å². The van der Waals surface area contributed by atoms with Crippen molar-refractivity contribution in [3.8, 4) is 0 Å². The van der Waals surface area contributed by atoms with Crippen LogP contribution in [-0.2, 0) is 22.1 Å². The van der Waals surface area contributed by atoms with Gasteiger partial charge in [0, 0.05) is 27.7 Å². The van der Waals surface area contributed by atoms with E-state index in [1.54, 1.807) is 36.0 Å². The van der Waals surface area contributed by atoms with Crippen molar-refractivity contribution in [2.75, 3.05) is 0 Å². The molecular weight excluding hydrogens is 599 g/mol. The van der Waals surface area contributed by atoms with Gasteiger partial charge in [0.15, 0.2) is 20.5 Å². The van der Waals surface area contributed by atoms with Gasteiger partial charge in [-0.3, -0.25) is 4.79 Å². The Labute approximate surface area is 232 Å². The number of ketones is 1. The van der Waals surface area contributed by atoms with Crippen molar-refractivity contribution in [2.24, 2.45) is 11.8 Å². The second-order valence-corrected chi connectivity index (χ2v) is 14.6. The molecule has 0 fully saturated rings. The van der Waals surface area contributed by atoms with E-state index in [2.05, 4.69) is 38.1 Å². The van der Waals surface area contributed by atoms with E-state index in [-0.39, 0.29) is 29.3 Å². The van der Waals surface area contributed by atoms with E-state index in [1.165, 1.54) is 24.3 Å². The zero-order chi connectivity index (χ0) is 29.5. The summed E-state index contributed by atoms with van der Waals surface area (Å²) in [6.45, 7) is 4.16. The number of halogens is 8. The van der Waals surface area contributed by atoms with Crippen LogP contribution in [0.3, 0.4) is 0 Å². The number of carbonyl (C=O) groups is 1. The first-order valence-electron chi connectivity index (χ1n) is 11.9. The third kappa shape index (κ3) is 8.21. The number of fused-ring (bicyclic) bond motifs is 1. The first-order chi connectivity index (χ1) is 18.4. The molecular formula is C28H23F8OPS2. The van der Waals surface area contributed by atoms with Crippen LogP contribution in [0, 0.1) is 23.5 Å². The van der Waals surface area contributed by atoms with Crippen LogP contribution >= 0.6 is 19.6 Å². The molecule has 3 aromatic rings. The average Bonchev–Trinajstić information content (AvgIpc) is 2.84. The fourth-order valence-electron chi connectivity index (χ4n) is 4.28. The van der Waals surface area contributed by atoms with Gasteiger partial charge in [0.2, 0.25) is 0 Å². The van der Waals surface area contributed by atoms with Crippen LogP contribution in [0.4, 0.5) is 34.0 Å². The van der Waals surface area contributed by atoms with Crippen LogP contribution in [-0.4, -0.2) is 5.78 Å². The van der Waals surface area contributed by atoms with E-state index in [0.29, 0.717) is 6.42 Å². The predicted molar refractivity (Wildman–Crippen MR) is 144 cm³/mol. The minimum atomic E-state index is -10.7. The molecule has 1 nitrogen and oxygen atoms in total. The Balaban J connectivity index is 0.000000470. The van der Waals surface area contributed by atoms with Crippen LogP contribution < -0.4 is 0 Å². The molecule has 1 heterocycles. The number of benzene rings is 3. The summed E-state index contributed by atoms with van der Waals surface area (Å²) in [5.74, 6) is -0.148. The van der Waals surface area contributed by atoms with Crippen molar-refractivity contribution in [1.82, 2.24) is 0 Å². The number of allylic oxidation sites excluding steroid dienone is 3. The molecule has 0 aromatic heterocycles. The summed E-state index contributed by atoms with van der Waals surface area (Å²) in [6.07, 6.45) is 4.76. The summed E-state index contributed by atoms with van der Waals surface area (Å²) >= 11 is 1.65. The molecule has 1 unspecified atom stereocenters. The molecule has 0 saturated heterocycles. The van der Waals surface area contributed by atoms with Crippen LogP contribution in [0.5, 0.6) is 0 Å². The van der Waals surface area contributed by atoms with Gasteiger partial charge < -0.3 is 0 Å². The Morgan fingerprint density at radius 3 is 1.75 bits per heavy atom. The van der Waals surface area contributed by atoms with Crippen molar-refractivity contribution in [3.63, 3.8) is 0 Å². The third-order valence-corrected chi connectivity index (χ3v) is 9.46. The van der Waals surface area contributed by atoms with E-state index in [9.17, 15) is 38.8 Å². The van der Waals surface area contributed by atoms with Crippen LogP contribution in [0.15, 0.2) is 109 Å². The second kappa shape index (κ2) is 10.3. The molecule has 1 atom stereocenters. The standard InChI is InChI=1S/C28H23F2OS2.F6P/c1-17(2)24-12-14-27-25(28(24)31)16-18-15-23(11-13-26(18)32-27)33(21-7-3-19(29)4-8-21)22-9-5-20(30)6-10-22;1-7(2,3,4,5)6/h3-15,17,24H,16H2,1-2H3;/q+1;-1. The summed E-state index contributed by atoms with van der Waals surface area (Å²) in [5.41, 5.74) is 2.03. The molecule has 1 aliphatic carbocycles. The molecule has 0 amide bonds. The molecule has 5 rings (SSSR count). The maximum absolute atomic E-state index is 13.6. The Hall–Kier alpha value is -2.62. The van der Waals surface area contributed by atoms with E-state index >= 15 is 0 Å². The molecule has 0 N–H and O–H groups in total. The summed E-state index contributed by atoms with van der Waals surface area (Å²) in [4.78, 5) is 18.3. The first kappa shape index (κ1) is 30.3. The van der Waals surface area contributed by atoms with Gasteiger partial charge >= 0.3 is 33.0 Å². The monoisotopic (exact) mass is 622 g/mol. The predicted octanol–water partition coefficient (Wildman–Crippen LogP) is 10.8. The molecule has 214 valence electrons. The molecule has 0 spiro atoms. The van der Waals surface area contributed by atoms with E-state index in [1.807, 2.05) is 6.08 Å². The van der Waals surface area contributed by atoms with Gasteiger partial charge in [0.05, 0.1) is 10.9 Å². The molecule has 0 saturated carbocycles. The summed E-state index contributed by atoms with van der Waals surface area (Å²) in [6, 6.07) is 19.4.